The molecule has 0 bridgehead atoms. The number of amides is 1. The molecule has 0 fully saturated rings. The molecule has 0 spiro atoms. The van der Waals surface area contributed by atoms with Gasteiger partial charge in [0.05, 0.1) is 0 Å². The molecular weight excluding hydrogens is 442 g/mol. The number of ketones is 1. The van der Waals surface area contributed by atoms with E-state index in [4.69, 9.17) is 0 Å². The van der Waals surface area contributed by atoms with Crippen molar-refractivity contribution in [2.75, 3.05) is 21.3 Å². The summed E-state index contributed by atoms with van der Waals surface area (Å²) in [6, 6.07) is 25.1. The minimum Gasteiger partial charge on any atom is -0.342 e. The number of carbonyl (C=O) groups is 2. The summed E-state index contributed by atoms with van der Waals surface area (Å²) in [5.41, 5.74) is 2.68. The van der Waals surface area contributed by atoms with Crippen LogP contribution in [0.4, 0.5) is 34.9 Å². The highest BCUT2D eigenvalue weighted by Gasteiger charge is 2.16. The molecule has 1 aromatic heterocycles. The second kappa shape index (κ2) is 10.9. The lowest BCUT2D eigenvalue weighted by Gasteiger charge is -2.16. The van der Waals surface area contributed by atoms with Crippen molar-refractivity contribution in [2.24, 2.45) is 0 Å². The highest BCUT2D eigenvalue weighted by atomic mass is 16.2. The van der Waals surface area contributed by atoms with E-state index in [1.54, 1.807) is 31.2 Å². The molecule has 0 unspecified atom stereocenters. The summed E-state index contributed by atoms with van der Waals surface area (Å²) in [7, 11) is 0. The molecule has 3 aromatic carbocycles. The molecule has 1 amide bonds. The smallest absolute Gasteiger partial charge is 0.246 e. The summed E-state index contributed by atoms with van der Waals surface area (Å²) < 4.78 is 0. The van der Waals surface area contributed by atoms with Crippen LogP contribution < -0.4 is 21.3 Å². The predicted molar refractivity (Wildman–Crippen MR) is 137 cm³/mol. The molecule has 0 aliphatic carbocycles. The molecule has 1 heterocycles. The number of nitrogens with one attached hydrogen (secondary N) is 4. The number of nitrogens with zero attached hydrogens (tertiary/aromatic N) is 3. The Morgan fingerprint density at radius 3 is 1.74 bits per heavy atom. The lowest BCUT2D eigenvalue weighted by molar-refractivity contribution is -0.116. The monoisotopic (exact) mass is 467 g/mol. The van der Waals surface area contributed by atoms with Crippen LogP contribution in [0.2, 0.25) is 0 Å². The van der Waals surface area contributed by atoms with Gasteiger partial charge in [-0.1, -0.05) is 48.5 Å². The number of benzene rings is 3. The van der Waals surface area contributed by atoms with Gasteiger partial charge in [0.25, 0.3) is 0 Å². The van der Waals surface area contributed by atoms with Gasteiger partial charge in [-0.05, 0) is 50.2 Å². The molecule has 0 aliphatic rings. The van der Waals surface area contributed by atoms with Crippen molar-refractivity contribution < 1.29 is 9.59 Å². The molecule has 4 N–H and O–H groups in total. The van der Waals surface area contributed by atoms with Gasteiger partial charge >= 0.3 is 0 Å². The Morgan fingerprint density at radius 1 is 0.686 bits per heavy atom. The van der Waals surface area contributed by atoms with Crippen molar-refractivity contribution in [3.05, 3.63) is 90.5 Å². The van der Waals surface area contributed by atoms with Crippen molar-refractivity contribution in [1.82, 2.24) is 15.0 Å². The van der Waals surface area contributed by atoms with E-state index >= 15 is 0 Å². The highest BCUT2D eigenvalue weighted by molar-refractivity contribution is 5.99. The topological polar surface area (TPSA) is 121 Å². The Kier molecular flexibility index (Phi) is 7.27. The van der Waals surface area contributed by atoms with Crippen LogP contribution in [0.1, 0.15) is 24.2 Å². The van der Waals surface area contributed by atoms with Crippen LogP contribution in [-0.2, 0) is 4.79 Å². The molecule has 9 heteroatoms. The third-order valence-electron chi connectivity index (χ3n) is 4.97. The largest absolute Gasteiger partial charge is 0.342 e. The summed E-state index contributed by atoms with van der Waals surface area (Å²) in [5, 5.41) is 12.2. The van der Waals surface area contributed by atoms with Crippen LogP contribution >= 0.6 is 0 Å². The quantitative estimate of drug-likeness (QED) is 0.254. The van der Waals surface area contributed by atoms with Crippen molar-refractivity contribution in [2.45, 2.75) is 19.9 Å². The SMILES string of the molecule is CC(=O)c1cccc(NC(=O)[C@@H](C)Nc2nc(Nc3ccccc3)nc(Nc3ccccc3)n2)c1. The fourth-order valence-corrected chi connectivity index (χ4v) is 3.18. The Balaban J connectivity index is 1.53. The first-order chi connectivity index (χ1) is 17.0. The maximum Gasteiger partial charge on any atom is 0.246 e. The van der Waals surface area contributed by atoms with Gasteiger partial charge in [0.2, 0.25) is 23.8 Å². The third kappa shape index (κ3) is 6.61. The van der Waals surface area contributed by atoms with Gasteiger partial charge in [-0.3, -0.25) is 9.59 Å². The zero-order chi connectivity index (χ0) is 24.6. The second-order valence-electron chi connectivity index (χ2n) is 7.78. The van der Waals surface area contributed by atoms with Crippen LogP contribution in [0.5, 0.6) is 0 Å². The maximum absolute atomic E-state index is 12.8. The van der Waals surface area contributed by atoms with Gasteiger partial charge in [-0.2, -0.15) is 15.0 Å². The Labute approximate surface area is 203 Å². The number of para-hydroxylation sites is 2. The number of Topliss-reactive ketones (excluding diaryl/α,β-unsaturated/α-hetero) is 1. The Morgan fingerprint density at radius 2 is 1.20 bits per heavy atom. The number of hydrogen-bond acceptors (Lipinski definition) is 8. The highest BCUT2D eigenvalue weighted by Crippen LogP contribution is 2.19. The zero-order valence-corrected chi connectivity index (χ0v) is 19.3. The van der Waals surface area contributed by atoms with Gasteiger partial charge in [-0.25, -0.2) is 0 Å². The van der Waals surface area contributed by atoms with Gasteiger partial charge in [0.15, 0.2) is 5.78 Å². The number of anilines is 6. The first kappa shape index (κ1) is 23.4. The molecule has 0 aliphatic heterocycles. The van der Waals surface area contributed by atoms with E-state index < -0.39 is 6.04 Å². The molecule has 0 saturated carbocycles. The number of rotatable bonds is 9. The third-order valence-corrected chi connectivity index (χ3v) is 4.97. The maximum atomic E-state index is 12.8. The Bertz CT molecular complexity index is 1250. The average molecular weight is 468 g/mol. The predicted octanol–water partition coefficient (Wildman–Crippen LogP) is 5.00. The molecule has 176 valence electrons. The van der Waals surface area contributed by atoms with Gasteiger partial charge in [0, 0.05) is 22.6 Å². The van der Waals surface area contributed by atoms with Gasteiger partial charge in [0.1, 0.15) is 6.04 Å². The summed E-state index contributed by atoms with van der Waals surface area (Å²) >= 11 is 0. The minimum absolute atomic E-state index is 0.0747. The van der Waals surface area contributed by atoms with E-state index in [1.165, 1.54) is 6.92 Å². The van der Waals surface area contributed by atoms with Crippen LogP contribution in [-0.4, -0.2) is 32.7 Å². The fraction of sp³-hybridized carbons (Fsp3) is 0.115. The van der Waals surface area contributed by atoms with Crippen LogP contribution in [0.3, 0.4) is 0 Å². The molecule has 0 saturated heterocycles. The molecule has 4 rings (SSSR count). The van der Waals surface area contributed by atoms with Crippen molar-refractivity contribution in [3.8, 4) is 0 Å². The summed E-state index contributed by atoms with van der Waals surface area (Å²) in [5.74, 6) is 0.468. The van der Waals surface area contributed by atoms with Crippen LogP contribution in [0.25, 0.3) is 0 Å². The van der Waals surface area contributed by atoms with Gasteiger partial charge < -0.3 is 21.3 Å². The van der Waals surface area contributed by atoms with E-state index in [2.05, 4.69) is 36.2 Å². The molecule has 35 heavy (non-hydrogen) atoms. The average Bonchev–Trinajstić information content (AvgIpc) is 2.85. The summed E-state index contributed by atoms with van der Waals surface area (Å²) in [6.45, 7) is 3.18. The number of carbonyl (C=O) groups excluding carboxylic acids is 2. The van der Waals surface area contributed by atoms with E-state index in [0.717, 1.165) is 11.4 Å². The lowest BCUT2D eigenvalue weighted by Crippen LogP contribution is -2.32. The molecule has 0 radical (unpaired) electrons. The lowest BCUT2D eigenvalue weighted by atomic mass is 10.1. The van der Waals surface area contributed by atoms with Crippen LogP contribution in [0, 0.1) is 0 Å². The molecule has 1 atom stereocenters. The fourth-order valence-electron chi connectivity index (χ4n) is 3.18. The number of hydrogen-bond donors (Lipinski definition) is 4. The normalized spacial score (nSPS) is 11.3. The van der Waals surface area contributed by atoms with Crippen molar-refractivity contribution in [3.63, 3.8) is 0 Å². The molecule has 4 aromatic rings. The number of aromatic nitrogens is 3. The molecular formula is C26H25N7O2. The van der Waals surface area contributed by atoms with Gasteiger partial charge in [-0.15, -0.1) is 0 Å². The second-order valence-corrected chi connectivity index (χ2v) is 7.78. The summed E-state index contributed by atoms with van der Waals surface area (Å²) in [6.07, 6.45) is 0. The Hall–Kier alpha value is -4.79. The van der Waals surface area contributed by atoms with Crippen molar-refractivity contribution >= 4 is 46.6 Å². The molecule has 9 nitrogen and oxygen atoms in total. The van der Waals surface area contributed by atoms with E-state index in [1.807, 2.05) is 60.7 Å². The minimum atomic E-state index is -0.674. The summed E-state index contributed by atoms with van der Waals surface area (Å²) in [4.78, 5) is 37.7. The first-order valence-electron chi connectivity index (χ1n) is 11.0. The van der Waals surface area contributed by atoms with E-state index in [0.29, 0.717) is 23.1 Å². The standard InChI is InChI=1S/C26H25N7O2/c1-17(23(35)28-22-15-9-10-19(16-22)18(2)34)27-24-31-25(29-20-11-5-3-6-12-20)33-26(32-24)30-21-13-7-4-8-14-21/h3-17H,1-2H3,(H,28,35)(H3,27,29,30,31,32,33)/t17-/m1/s1. The van der Waals surface area contributed by atoms with E-state index in [9.17, 15) is 9.59 Å². The zero-order valence-electron chi connectivity index (χ0n) is 19.3. The van der Waals surface area contributed by atoms with E-state index in [-0.39, 0.29) is 17.6 Å². The first-order valence-corrected chi connectivity index (χ1v) is 11.0. The van der Waals surface area contributed by atoms with Crippen molar-refractivity contribution in [1.29, 1.82) is 0 Å². The van der Waals surface area contributed by atoms with Crippen LogP contribution in [0.15, 0.2) is 84.9 Å².